The molecule has 2 aromatic carbocycles. The van der Waals surface area contributed by atoms with E-state index in [0.717, 1.165) is 5.56 Å². The van der Waals surface area contributed by atoms with Gasteiger partial charge in [0.25, 0.3) is 0 Å². The van der Waals surface area contributed by atoms with Crippen LogP contribution in [0.4, 0.5) is 14.5 Å². The molecule has 0 aromatic heterocycles. The Labute approximate surface area is 111 Å². The van der Waals surface area contributed by atoms with Gasteiger partial charge in [0.2, 0.25) is 0 Å². The number of hydrogen-bond acceptors (Lipinski definition) is 2. The van der Waals surface area contributed by atoms with Crippen LogP contribution in [-0.4, -0.2) is 7.05 Å². The van der Waals surface area contributed by atoms with Crippen molar-refractivity contribution < 1.29 is 8.78 Å². The Morgan fingerprint density at radius 1 is 1.05 bits per heavy atom. The predicted molar refractivity (Wildman–Crippen MR) is 72.8 cm³/mol. The summed E-state index contributed by atoms with van der Waals surface area (Å²) in [5.41, 5.74) is 7.35. The van der Waals surface area contributed by atoms with E-state index < -0.39 is 0 Å². The molecule has 0 saturated carbocycles. The van der Waals surface area contributed by atoms with Crippen LogP contribution in [0.25, 0.3) is 0 Å². The van der Waals surface area contributed by atoms with Gasteiger partial charge in [-0.3, -0.25) is 0 Å². The number of nitrogens with two attached hydrogens (primary N) is 1. The molecule has 0 heterocycles. The second-order valence-electron chi connectivity index (χ2n) is 4.44. The number of benzene rings is 2. The Morgan fingerprint density at radius 3 is 2.47 bits per heavy atom. The number of nitrogens with zero attached hydrogens (tertiary/aromatic N) is 1. The highest BCUT2D eigenvalue weighted by Gasteiger charge is 2.08. The summed E-state index contributed by atoms with van der Waals surface area (Å²) >= 11 is 0. The molecule has 0 atom stereocenters. The van der Waals surface area contributed by atoms with Gasteiger partial charge in [-0.1, -0.05) is 18.2 Å². The van der Waals surface area contributed by atoms with Crippen LogP contribution in [0, 0.1) is 11.6 Å². The second kappa shape index (κ2) is 5.80. The molecule has 0 fully saturated rings. The molecule has 0 bridgehead atoms. The third kappa shape index (κ3) is 3.09. The van der Waals surface area contributed by atoms with Gasteiger partial charge in [-0.2, -0.15) is 0 Å². The summed E-state index contributed by atoms with van der Waals surface area (Å²) in [7, 11) is 1.80. The zero-order valence-electron chi connectivity index (χ0n) is 10.7. The first kappa shape index (κ1) is 13.5. The largest absolute Gasteiger partial charge is 0.368 e. The summed E-state index contributed by atoms with van der Waals surface area (Å²) in [6.07, 6.45) is 0. The van der Waals surface area contributed by atoms with E-state index in [0.29, 0.717) is 17.8 Å². The smallest absolute Gasteiger partial charge is 0.146 e. The molecule has 0 spiro atoms. The Balaban J connectivity index is 2.19. The van der Waals surface area contributed by atoms with E-state index in [1.807, 2.05) is 0 Å². The molecule has 0 aliphatic carbocycles. The summed E-state index contributed by atoms with van der Waals surface area (Å²) in [4.78, 5) is 1.78. The molecule has 2 aromatic rings. The summed E-state index contributed by atoms with van der Waals surface area (Å²) in [6.45, 7) is 0.650. The van der Waals surface area contributed by atoms with E-state index in [-0.39, 0.29) is 18.2 Å². The fraction of sp³-hybridized carbons (Fsp3) is 0.200. The van der Waals surface area contributed by atoms with Crippen molar-refractivity contribution in [2.24, 2.45) is 5.73 Å². The van der Waals surface area contributed by atoms with E-state index >= 15 is 0 Å². The Hall–Kier alpha value is -1.94. The number of hydrogen-bond donors (Lipinski definition) is 1. The van der Waals surface area contributed by atoms with Crippen molar-refractivity contribution in [3.63, 3.8) is 0 Å². The molecule has 2 N–H and O–H groups in total. The van der Waals surface area contributed by atoms with Crippen molar-refractivity contribution in [3.05, 3.63) is 65.2 Å². The van der Waals surface area contributed by atoms with Crippen molar-refractivity contribution in [2.75, 3.05) is 11.9 Å². The van der Waals surface area contributed by atoms with Gasteiger partial charge in [0.15, 0.2) is 0 Å². The van der Waals surface area contributed by atoms with Crippen LogP contribution in [0.15, 0.2) is 42.5 Å². The minimum absolute atomic E-state index is 0.156. The first-order valence-electron chi connectivity index (χ1n) is 6.05. The molecule has 4 heteroatoms. The van der Waals surface area contributed by atoms with Crippen LogP contribution in [0.3, 0.4) is 0 Å². The molecule has 2 nitrogen and oxygen atoms in total. The molecule has 2 rings (SSSR count). The number of para-hydroxylation sites is 1. The highest BCUT2D eigenvalue weighted by molar-refractivity contribution is 5.47. The third-order valence-corrected chi connectivity index (χ3v) is 3.01. The summed E-state index contributed by atoms with van der Waals surface area (Å²) < 4.78 is 27.0. The monoisotopic (exact) mass is 262 g/mol. The lowest BCUT2D eigenvalue weighted by Gasteiger charge is -2.20. The van der Waals surface area contributed by atoms with Gasteiger partial charge in [0, 0.05) is 25.7 Å². The van der Waals surface area contributed by atoms with Gasteiger partial charge in [-0.05, 0) is 29.8 Å². The molecule has 0 saturated heterocycles. The van der Waals surface area contributed by atoms with Gasteiger partial charge in [0.1, 0.15) is 11.6 Å². The lowest BCUT2D eigenvalue weighted by atomic mass is 10.1. The summed E-state index contributed by atoms with van der Waals surface area (Å²) in [6, 6.07) is 11.4. The average molecular weight is 262 g/mol. The first-order valence-corrected chi connectivity index (χ1v) is 6.05. The van der Waals surface area contributed by atoms with Crippen LogP contribution < -0.4 is 10.6 Å². The highest BCUT2D eigenvalue weighted by atomic mass is 19.1. The molecular formula is C15H16F2N2. The summed E-state index contributed by atoms with van der Waals surface area (Å²) in [5, 5.41) is 0. The van der Waals surface area contributed by atoms with Crippen LogP contribution in [-0.2, 0) is 13.1 Å². The minimum Gasteiger partial charge on any atom is -0.368 e. The van der Waals surface area contributed by atoms with E-state index in [4.69, 9.17) is 5.73 Å². The van der Waals surface area contributed by atoms with Crippen molar-refractivity contribution in [1.82, 2.24) is 0 Å². The Bertz CT molecular complexity index is 570. The standard InChI is InChI=1S/C15H16F2N2/c1-19(15-5-3-2-4-14(15)17)10-11-6-7-13(16)12(8-11)9-18/h2-8H,9-10,18H2,1H3. The van der Waals surface area contributed by atoms with Gasteiger partial charge in [-0.25, -0.2) is 8.78 Å². The maximum Gasteiger partial charge on any atom is 0.146 e. The average Bonchev–Trinajstić information content (AvgIpc) is 2.41. The molecule has 0 amide bonds. The SMILES string of the molecule is CN(Cc1ccc(F)c(CN)c1)c1ccccc1F. The van der Waals surface area contributed by atoms with Crippen LogP contribution in [0.2, 0.25) is 0 Å². The van der Waals surface area contributed by atoms with Crippen molar-refractivity contribution in [1.29, 1.82) is 0 Å². The molecular weight excluding hydrogens is 246 g/mol. The number of rotatable bonds is 4. The zero-order valence-corrected chi connectivity index (χ0v) is 10.7. The van der Waals surface area contributed by atoms with E-state index in [9.17, 15) is 8.78 Å². The van der Waals surface area contributed by atoms with Crippen LogP contribution in [0.1, 0.15) is 11.1 Å². The number of anilines is 1. The molecule has 0 aliphatic heterocycles. The fourth-order valence-electron chi connectivity index (χ4n) is 2.00. The molecule has 19 heavy (non-hydrogen) atoms. The van der Waals surface area contributed by atoms with Crippen LogP contribution in [0.5, 0.6) is 0 Å². The topological polar surface area (TPSA) is 29.3 Å². The zero-order chi connectivity index (χ0) is 13.8. The molecule has 0 radical (unpaired) electrons. The minimum atomic E-state index is -0.306. The van der Waals surface area contributed by atoms with Gasteiger partial charge < -0.3 is 10.6 Å². The normalized spacial score (nSPS) is 10.5. The van der Waals surface area contributed by atoms with Crippen molar-refractivity contribution in [2.45, 2.75) is 13.1 Å². The predicted octanol–water partition coefficient (Wildman–Crippen LogP) is 3.06. The fourth-order valence-corrected chi connectivity index (χ4v) is 2.00. The van der Waals surface area contributed by atoms with E-state index in [1.165, 1.54) is 12.1 Å². The van der Waals surface area contributed by atoms with E-state index in [2.05, 4.69) is 0 Å². The summed E-state index contributed by atoms with van der Waals surface area (Å²) in [5.74, 6) is -0.578. The lowest BCUT2D eigenvalue weighted by Crippen LogP contribution is -2.18. The third-order valence-electron chi connectivity index (χ3n) is 3.01. The van der Waals surface area contributed by atoms with Gasteiger partial charge >= 0.3 is 0 Å². The van der Waals surface area contributed by atoms with Crippen molar-refractivity contribution >= 4 is 5.69 Å². The van der Waals surface area contributed by atoms with E-state index in [1.54, 1.807) is 42.3 Å². The lowest BCUT2D eigenvalue weighted by molar-refractivity contribution is 0.608. The molecule has 0 unspecified atom stereocenters. The maximum atomic E-state index is 13.6. The van der Waals surface area contributed by atoms with Gasteiger partial charge in [-0.15, -0.1) is 0 Å². The Morgan fingerprint density at radius 2 is 1.79 bits per heavy atom. The molecule has 100 valence electrons. The van der Waals surface area contributed by atoms with Crippen LogP contribution >= 0.6 is 0 Å². The number of halogens is 2. The highest BCUT2D eigenvalue weighted by Crippen LogP contribution is 2.20. The maximum absolute atomic E-state index is 13.6. The Kier molecular flexibility index (Phi) is 4.12. The van der Waals surface area contributed by atoms with Gasteiger partial charge in [0.05, 0.1) is 5.69 Å². The second-order valence-corrected chi connectivity index (χ2v) is 4.44. The first-order chi connectivity index (χ1) is 9.11. The van der Waals surface area contributed by atoms with Crippen molar-refractivity contribution in [3.8, 4) is 0 Å². The molecule has 0 aliphatic rings. The quantitative estimate of drug-likeness (QED) is 0.917.